The van der Waals surface area contributed by atoms with E-state index in [1.807, 2.05) is 44.5 Å². The van der Waals surface area contributed by atoms with Crippen LogP contribution in [-0.4, -0.2) is 15.5 Å². The predicted octanol–water partition coefficient (Wildman–Crippen LogP) is 3.83. The SMILES string of the molecule is CCn1cc(Br)cc1C(=O)NC(C)c1sc(C)nc1C. The van der Waals surface area contributed by atoms with Gasteiger partial charge < -0.3 is 9.88 Å². The Bertz CT molecular complexity index is 632. The summed E-state index contributed by atoms with van der Waals surface area (Å²) in [5, 5.41) is 4.07. The predicted molar refractivity (Wildman–Crippen MR) is 85.3 cm³/mol. The number of carbonyl (C=O) groups excluding carboxylic acids is 1. The highest BCUT2D eigenvalue weighted by atomic mass is 79.9. The molecule has 0 saturated heterocycles. The van der Waals surface area contributed by atoms with Crippen molar-refractivity contribution in [3.63, 3.8) is 0 Å². The largest absolute Gasteiger partial charge is 0.343 e. The normalized spacial score (nSPS) is 12.4. The first-order chi connectivity index (χ1) is 9.42. The number of halogens is 1. The van der Waals surface area contributed by atoms with Crippen LogP contribution in [0.15, 0.2) is 16.7 Å². The Morgan fingerprint density at radius 1 is 1.55 bits per heavy atom. The summed E-state index contributed by atoms with van der Waals surface area (Å²) in [6.45, 7) is 8.73. The van der Waals surface area contributed by atoms with E-state index in [0.717, 1.165) is 26.6 Å². The highest BCUT2D eigenvalue weighted by molar-refractivity contribution is 9.10. The zero-order chi connectivity index (χ0) is 14.9. The number of carbonyl (C=O) groups is 1. The van der Waals surface area contributed by atoms with Crippen molar-refractivity contribution in [2.24, 2.45) is 0 Å². The smallest absolute Gasteiger partial charge is 0.268 e. The molecule has 2 rings (SSSR count). The van der Waals surface area contributed by atoms with Crippen LogP contribution in [0.1, 0.15) is 46.0 Å². The van der Waals surface area contributed by atoms with Crippen molar-refractivity contribution >= 4 is 33.2 Å². The molecule has 1 amide bonds. The van der Waals surface area contributed by atoms with Gasteiger partial charge in [-0.15, -0.1) is 11.3 Å². The fourth-order valence-electron chi connectivity index (χ4n) is 2.21. The molecule has 20 heavy (non-hydrogen) atoms. The van der Waals surface area contributed by atoms with E-state index in [0.29, 0.717) is 5.69 Å². The maximum Gasteiger partial charge on any atom is 0.268 e. The molecule has 0 aromatic carbocycles. The maximum atomic E-state index is 12.4. The van der Waals surface area contributed by atoms with Gasteiger partial charge in [-0.3, -0.25) is 4.79 Å². The third-order valence-corrected chi connectivity index (χ3v) is 4.81. The number of rotatable bonds is 4. The monoisotopic (exact) mass is 355 g/mol. The van der Waals surface area contributed by atoms with Crippen LogP contribution >= 0.6 is 27.3 Å². The van der Waals surface area contributed by atoms with Crippen molar-refractivity contribution < 1.29 is 4.79 Å². The van der Waals surface area contributed by atoms with Crippen LogP contribution < -0.4 is 5.32 Å². The number of hydrogen-bond acceptors (Lipinski definition) is 3. The molecule has 6 heteroatoms. The van der Waals surface area contributed by atoms with Gasteiger partial charge in [-0.05, 0) is 49.7 Å². The van der Waals surface area contributed by atoms with E-state index in [9.17, 15) is 4.79 Å². The summed E-state index contributed by atoms with van der Waals surface area (Å²) >= 11 is 5.04. The molecule has 0 aliphatic heterocycles. The van der Waals surface area contributed by atoms with E-state index in [-0.39, 0.29) is 11.9 Å². The van der Waals surface area contributed by atoms with E-state index in [4.69, 9.17) is 0 Å². The van der Waals surface area contributed by atoms with Gasteiger partial charge >= 0.3 is 0 Å². The summed E-state index contributed by atoms with van der Waals surface area (Å²) in [6, 6.07) is 1.81. The van der Waals surface area contributed by atoms with Crippen LogP contribution in [0.2, 0.25) is 0 Å². The topological polar surface area (TPSA) is 46.9 Å². The molecule has 2 heterocycles. The number of amides is 1. The number of hydrogen-bond donors (Lipinski definition) is 1. The molecular formula is C14H18BrN3OS. The average molecular weight is 356 g/mol. The van der Waals surface area contributed by atoms with Crippen LogP contribution in [0.4, 0.5) is 0 Å². The molecule has 0 radical (unpaired) electrons. The van der Waals surface area contributed by atoms with Gasteiger partial charge in [0.1, 0.15) is 5.69 Å². The van der Waals surface area contributed by atoms with Gasteiger partial charge in [-0.1, -0.05) is 0 Å². The molecule has 0 spiro atoms. The highest BCUT2D eigenvalue weighted by Crippen LogP contribution is 2.25. The third-order valence-electron chi connectivity index (χ3n) is 3.12. The van der Waals surface area contributed by atoms with Crippen molar-refractivity contribution in [1.82, 2.24) is 14.9 Å². The zero-order valence-corrected chi connectivity index (χ0v) is 14.4. The van der Waals surface area contributed by atoms with E-state index < -0.39 is 0 Å². The van der Waals surface area contributed by atoms with Crippen molar-refractivity contribution in [3.05, 3.63) is 38.0 Å². The molecular weight excluding hydrogens is 338 g/mol. The second kappa shape index (κ2) is 6.10. The summed E-state index contributed by atoms with van der Waals surface area (Å²) in [6.07, 6.45) is 1.92. The van der Waals surface area contributed by atoms with E-state index in [1.54, 1.807) is 11.3 Å². The van der Waals surface area contributed by atoms with Gasteiger partial charge in [0.25, 0.3) is 5.91 Å². The number of thiazole rings is 1. The van der Waals surface area contributed by atoms with E-state index in [1.165, 1.54) is 0 Å². The number of aromatic nitrogens is 2. The van der Waals surface area contributed by atoms with E-state index in [2.05, 4.69) is 26.2 Å². The van der Waals surface area contributed by atoms with Crippen molar-refractivity contribution in [3.8, 4) is 0 Å². The third kappa shape index (κ3) is 3.12. The Morgan fingerprint density at radius 3 is 2.80 bits per heavy atom. The fraction of sp³-hybridized carbons (Fsp3) is 0.429. The number of nitrogens with one attached hydrogen (secondary N) is 1. The van der Waals surface area contributed by atoms with Crippen molar-refractivity contribution in [2.75, 3.05) is 0 Å². The zero-order valence-electron chi connectivity index (χ0n) is 12.0. The summed E-state index contributed by atoms with van der Waals surface area (Å²) in [5.41, 5.74) is 1.66. The number of aryl methyl sites for hydroxylation is 3. The molecule has 1 N–H and O–H groups in total. The molecule has 1 unspecified atom stereocenters. The molecule has 2 aromatic rings. The molecule has 0 bridgehead atoms. The molecule has 0 fully saturated rings. The van der Waals surface area contributed by atoms with Crippen LogP contribution in [0.25, 0.3) is 0 Å². The molecule has 1 atom stereocenters. The number of nitrogens with zero attached hydrogens (tertiary/aromatic N) is 2. The van der Waals surface area contributed by atoms with Gasteiger partial charge in [0.15, 0.2) is 0 Å². The van der Waals surface area contributed by atoms with Gasteiger partial charge in [-0.2, -0.15) is 0 Å². The molecule has 4 nitrogen and oxygen atoms in total. The van der Waals surface area contributed by atoms with Gasteiger partial charge in [0.05, 0.1) is 16.7 Å². The Balaban J connectivity index is 2.17. The van der Waals surface area contributed by atoms with E-state index >= 15 is 0 Å². The highest BCUT2D eigenvalue weighted by Gasteiger charge is 2.18. The molecule has 108 valence electrons. The van der Waals surface area contributed by atoms with Gasteiger partial charge in [0.2, 0.25) is 0 Å². The summed E-state index contributed by atoms with van der Waals surface area (Å²) in [7, 11) is 0. The minimum atomic E-state index is -0.0597. The van der Waals surface area contributed by atoms with Gasteiger partial charge in [-0.25, -0.2) is 4.98 Å². The lowest BCUT2D eigenvalue weighted by Crippen LogP contribution is -2.28. The Hall–Kier alpha value is -1.14. The van der Waals surface area contributed by atoms with Gasteiger partial charge in [0, 0.05) is 22.1 Å². The minimum absolute atomic E-state index is 0.0346. The first-order valence-corrected chi connectivity index (χ1v) is 8.13. The lowest BCUT2D eigenvalue weighted by molar-refractivity contribution is 0.0931. The summed E-state index contributed by atoms with van der Waals surface area (Å²) in [4.78, 5) is 17.9. The van der Waals surface area contributed by atoms with Crippen LogP contribution in [0.3, 0.4) is 0 Å². The van der Waals surface area contributed by atoms with Crippen LogP contribution in [-0.2, 0) is 6.54 Å². The summed E-state index contributed by atoms with van der Waals surface area (Å²) < 4.78 is 2.85. The Labute approximate surface area is 131 Å². The van der Waals surface area contributed by atoms with Crippen LogP contribution in [0, 0.1) is 13.8 Å². The molecule has 2 aromatic heterocycles. The fourth-order valence-corrected chi connectivity index (χ4v) is 3.61. The van der Waals surface area contributed by atoms with Crippen molar-refractivity contribution in [1.29, 1.82) is 0 Å². The quantitative estimate of drug-likeness (QED) is 0.905. The lowest BCUT2D eigenvalue weighted by Gasteiger charge is -2.14. The minimum Gasteiger partial charge on any atom is -0.343 e. The molecule has 0 saturated carbocycles. The lowest BCUT2D eigenvalue weighted by atomic mass is 10.2. The first-order valence-electron chi connectivity index (χ1n) is 6.52. The molecule has 0 aliphatic carbocycles. The Morgan fingerprint density at radius 2 is 2.25 bits per heavy atom. The van der Waals surface area contributed by atoms with Crippen molar-refractivity contribution in [2.45, 2.75) is 40.3 Å². The summed E-state index contributed by atoms with van der Waals surface area (Å²) in [5.74, 6) is -0.0597. The second-order valence-corrected chi connectivity index (χ2v) is 6.86. The second-order valence-electron chi connectivity index (χ2n) is 4.71. The molecule has 0 aliphatic rings. The standard InChI is InChI=1S/C14H18BrN3OS/c1-5-18-7-11(15)6-12(18)14(19)17-9(3)13-8(2)16-10(4)20-13/h6-7,9H,5H2,1-4H3,(H,17,19). The first kappa shape index (κ1) is 15.3. The Kier molecular flexibility index (Phi) is 4.65. The average Bonchev–Trinajstić information content (AvgIpc) is 2.91. The maximum absolute atomic E-state index is 12.4. The van der Waals surface area contributed by atoms with Crippen LogP contribution in [0.5, 0.6) is 0 Å².